The van der Waals surface area contributed by atoms with Crippen LogP contribution in [0.4, 0.5) is 10.2 Å². The van der Waals surface area contributed by atoms with Gasteiger partial charge < -0.3 is 30.7 Å². The Morgan fingerprint density at radius 1 is 1.67 bits per heavy atom. The second-order valence-electron chi connectivity index (χ2n) is 5.24. The summed E-state index contributed by atoms with van der Waals surface area (Å²) in [4.78, 5) is 26.1. The lowest BCUT2D eigenvalue weighted by molar-refractivity contribution is -0.281. The number of aliphatic hydroxyl groups is 2. The van der Waals surface area contributed by atoms with Crippen LogP contribution in [0.1, 0.15) is 13.2 Å². The number of aromatic nitrogens is 2. The van der Waals surface area contributed by atoms with E-state index in [-0.39, 0.29) is 24.9 Å². The highest BCUT2D eigenvalue weighted by molar-refractivity contribution is 5.72. The predicted molar refractivity (Wildman–Crippen MR) is 78.4 cm³/mol. The molecule has 0 unspecified atom stereocenters. The lowest BCUT2D eigenvalue weighted by Gasteiger charge is -2.29. The molecule has 1 saturated heterocycles. The van der Waals surface area contributed by atoms with Crippen LogP contribution in [0.2, 0.25) is 0 Å². The van der Waals surface area contributed by atoms with Gasteiger partial charge in [-0.3, -0.25) is 9.36 Å². The van der Waals surface area contributed by atoms with E-state index in [1.165, 1.54) is 19.2 Å². The summed E-state index contributed by atoms with van der Waals surface area (Å²) in [6.07, 6.45) is -4.29. The van der Waals surface area contributed by atoms with Crippen molar-refractivity contribution < 1.29 is 28.9 Å². The highest BCUT2D eigenvalue weighted by atomic mass is 19.1. The van der Waals surface area contributed by atoms with E-state index < -0.39 is 36.6 Å². The molecule has 0 saturated carbocycles. The molecule has 1 aliphatic rings. The first-order valence-corrected chi connectivity index (χ1v) is 7.14. The maximum atomic E-state index is 14.4. The molecule has 1 aromatic rings. The zero-order valence-electron chi connectivity index (χ0n) is 12.9. The van der Waals surface area contributed by atoms with E-state index in [1.54, 1.807) is 0 Å². The molecule has 4 atom stereocenters. The molecule has 1 aromatic heterocycles. The van der Waals surface area contributed by atoms with Crippen molar-refractivity contribution in [3.8, 4) is 0 Å². The summed E-state index contributed by atoms with van der Waals surface area (Å²) in [7, 11) is 0. The molecular formula is C13H19FN4O6. The number of anilines is 1. The van der Waals surface area contributed by atoms with Crippen molar-refractivity contribution in [3.63, 3.8) is 0 Å². The van der Waals surface area contributed by atoms with Crippen molar-refractivity contribution in [2.24, 2.45) is 0 Å². The molecule has 2 rings (SSSR count). The van der Waals surface area contributed by atoms with Gasteiger partial charge in [-0.25, -0.2) is 9.18 Å². The fourth-order valence-electron chi connectivity index (χ4n) is 2.31. The third-order valence-electron chi connectivity index (χ3n) is 3.51. The highest BCUT2D eigenvalue weighted by Crippen LogP contribution is 2.39. The molecule has 1 fully saturated rings. The summed E-state index contributed by atoms with van der Waals surface area (Å²) in [5.74, 6) is -2.42. The Labute approximate surface area is 136 Å². The minimum atomic E-state index is -2.07. The molecule has 0 bridgehead atoms. The van der Waals surface area contributed by atoms with Crippen molar-refractivity contribution >= 4 is 11.7 Å². The standard InChI is InChI=1S/C13H19FN4O6/c1-7(20)16-3-5-23-13(6-19)10(21)9(14)11(24-13)18-4-2-8(15)17-12(18)22/h2,4,9-11,19,21H,3,5-6H2,1H3,(H,16,20)(H2,15,17,22)/t9-,10-,11+,13+/m0/s1. The molecular weight excluding hydrogens is 327 g/mol. The van der Waals surface area contributed by atoms with Crippen LogP contribution >= 0.6 is 0 Å². The summed E-state index contributed by atoms with van der Waals surface area (Å²) < 4.78 is 25.8. The van der Waals surface area contributed by atoms with Crippen molar-refractivity contribution in [1.29, 1.82) is 0 Å². The van der Waals surface area contributed by atoms with Gasteiger partial charge in [-0.15, -0.1) is 0 Å². The zero-order valence-corrected chi connectivity index (χ0v) is 12.9. The van der Waals surface area contributed by atoms with Gasteiger partial charge in [0.05, 0.1) is 6.61 Å². The molecule has 1 amide bonds. The molecule has 5 N–H and O–H groups in total. The van der Waals surface area contributed by atoms with E-state index in [2.05, 4.69) is 10.3 Å². The SMILES string of the molecule is CC(=O)NCCO[C@]1(CO)O[C@@H](n2ccc(N)nc2=O)[C@@H](F)[C@@H]1O. The number of rotatable bonds is 6. The average molecular weight is 346 g/mol. The Hall–Kier alpha value is -2.08. The third kappa shape index (κ3) is 3.53. The second kappa shape index (κ2) is 7.21. The molecule has 0 spiro atoms. The summed E-state index contributed by atoms with van der Waals surface area (Å²) in [6, 6.07) is 1.26. The minimum absolute atomic E-state index is 0.0508. The number of hydrogen-bond acceptors (Lipinski definition) is 8. The Kier molecular flexibility index (Phi) is 5.49. The van der Waals surface area contributed by atoms with Gasteiger partial charge in [0.15, 0.2) is 12.4 Å². The third-order valence-corrected chi connectivity index (χ3v) is 3.51. The van der Waals surface area contributed by atoms with Gasteiger partial charge in [0, 0.05) is 19.7 Å². The second-order valence-corrected chi connectivity index (χ2v) is 5.24. The molecule has 1 aliphatic heterocycles. The number of carbonyl (C=O) groups is 1. The molecule has 10 nitrogen and oxygen atoms in total. The number of hydrogen-bond donors (Lipinski definition) is 4. The van der Waals surface area contributed by atoms with Gasteiger partial charge in [0.2, 0.25) is 11.7 Å². The van der Waals surface area contributed by atoms with Gasteiger partial charge in [0.1, 0.15) is 18.5 Å². The summed E-state index contributed by atoms with van der Waals surface area (Å²) in [5, 5.41) is 22.0. The van der Waals surface area contributed by atoms with Crippen LogP contribution in [0.25, 0.3) is 0 Å². The number of nitrogen functional groups attached to an aromatic ring is 1. The van der Waals surface area contributed by atoms with Crippen molar-refractivity contribution in [2.45, 2.75) is 31.2 Å². The molecule has 0 aromatic carbocycles. The van der Waals surface area contributed by atoms with Crippen LogP contribution in [0, 0.1) is 0 Å². The van der Waals surface area contributed by atoms with E-state index in [4.69, 9.17) is 15.2 Å². The normalized spacial score (nSPS) is 29.6. The molecule has 0 radical (unpaired) electrons. The average Bonchev–Trinajstić information content (AvgIpc) is 2.77. The van der Waals surface area contributed by atoms with Crippen LogP contribution < -0.4 is 16.7 Å². The first-order valence-electron chi connectivity index (χ1n) is 7.14. The van der Waals surface area contributed by atoms with Crippen molar-refractivity contribution in [3.05, 3.63) is 22.7 Å². The fourth-order valence-corrected chi connectivity index (χ4v) is 2.31. The van der Waals surface area contributed by atoms with Gasteiger partial charge in [-0.1, -0.05) is 0 Å². The van der Waals surface area contributed by atoms with Gasteiger partial charge in [-0.2, -0.15) is 4.98 Å². The fraction of sp³-hybridized carbons (Fsp3) is 0.615. The quantitative estimate of drug-likeness (QED) is 0.428. The van der Waals surface area contributed by atoms with E-state index in [1.807, 2.05) is 0 Å². The summed E-state index contributed by atoms with van der Waals surface area (Å²) >= 11 is 0. The van der Waals surface area contributed by atoms with Gasteiger partial charge in [-0.05, 0) is 6.07 Å². The van der Waals surface area contributed by atoms with E-state index in [0.29, 0.717) is 0 Å². The van der Waals surface area contributed by atoms with Crippen LogP contribution in [0.3, 0.4) is 0 Å². The number of nitrogens with zero attached hydrogens (tertiary/aromatic N) is 2. The predicted octanol–water partition coefficient (Wildman–Crippen LogP) is -2.11. The number of aliphatic hydroxyl groups excluding tert-OH is 2. The van der Waals surface area contributed by atoms with E-state index >= 15 is 0 Å². The smallest absolute Gasteiger partial charge is 0.351 e. The van der Waals surface area contributed by atoms with Crippen LogP contribution in [0.15, 0.2) is 17.1 Å². The monoisotopic (exact) mass is 346 g/mol. The molecule has 2 heterocycles. The largest absolute Gasteiger partial charge is 0.391 e. The Balaban J connectivity index is 2.17. The lowest BCUT2D eigenvalue weighted by atomic mass is 10.1. The van der Waals surface area contributed by atoms with Crippen molar-refractivity contribution in [1.82, 2.24) is 14.9 Å². The summed E-state index contributed by atoms with van der Waals surface area (Å²) in [6.45, 7) is 0.364. The minimum Gasteiger partial charge on any atom is -0.391 e. The number of ether oxygens (including phenoxy) is 2. The number of carbonyl (C=O) groups excluding carboxylic acids is 1. The van der Waals surface area contributed by atoms with Gasteiger partial charge in [0.25, 0.3) is 0 Å². The number of amides is 1. The highest BCUT2D eigenvalue weighted by Gasteiger charge is 2.57. The Morgan fingerprint density at radius 3 is 2.96 bits per heavy atom. The van der Waals surface area contributed by atoms with E-state index in [0.717, 1.165) is 4.57 Å². The maximum Gasteiger partial charge on any atom is 0.351 e. The van der Waals surface area contributed by atoms with Crippen LogP contribution in [-0.2, 0) is 14.3 Å². The molecule has 0 aliphatic carbocycles. The maximum absolute atomic E-state index is 14.4. The number of alkyl halides is 1. The number of nitrogens with two attached hydrogens (primary N) is 1. The lowest BCUT2D eigenvalue weighted by Crippen LogP contribution is -2.49. The zero-order chi connectivity index (χ0) is 17.9. The number of nitrogens with one attached hydrogen (secondary N) is 1. The van der Waals surface area contributed by atoms with Gasteiger partial charge >= 0.3 is 5.69 Å². The molecule has 24 heavy (non-hydrogen) atoms. The van der Waals surface area contributed by atoms with Crippen molar-refractivity contribution in [2.75, 3.05) is 25.5 Å². The first-order chi connectivity index (χ1) is 11.3. The Bertz CT molecular complexity index is 656. The Morgan fingerprint density at radius 2 is 2.38 bits per heavy atom. The van der Waals surface area contributed by atoms with E-state index in [9.17, 15) is 24.2 Å². The van der Waals surface area contributed by atoms with Crippen LogP contribution in [0.5, 0.6) is 0 Å². The topological polar surface area (TPSA) is 149 Å². The number of halogens is 1. The first kappa shape index (κ1) is 18.3. The molecule has 134 valence electrons. The molecule has 11 heteroatoms. The van der Waals surface area contributed by atoms with Crippen LogP contribution in [-0.4, -0.2) is 63.5 Å². The summed E-state index contributed by atoms with van der Waals surface area (Å²) in [5.41, 5.74) is 4.49.